The monoisotopic (exact) mass is 481 g/mol. The molecule has 4 aromatic rings. The number of rotatable bonds is 9. The van der Waals surface area contributed by atoms with E-state index in [1.807, 2.05) is 11.0 Å². The molecule has 3 aromatic carbocycles. The van der Waals surface area contributed by atoms with Crippen molar-refractivity contribution >= 4 is 22.6 Å². The second kappa shape index (κ2) is 10.6. The number of aromatic nitrogens is 2. The van der Waals surface area contributed by atoms with Gasteiger partial charge in [0.25, 0.3) is 0 Å². The van der Waals surface area contributed by atoms with Crippen LogP contribution >= 0.6 is 0 Å². The molecule has 1 unspecified atom stereocenters. The predicted molar refractivity (Wildman–Crippen MR) is 146 cm³/mol. The molecule has 0 saturated carbocycles. The van der Waals surface area contributed by atoms with Gasteiger partial charge in [-0.2, -0.15) is 0 Å². The first-order chi connectivity index (χ1) is 17.5. The zero-order valence-corrected chi connectivity index (χ0v) is 21.5. The molecule has 0 radical (unpaired) electrons. The number of para-hydroxylation sites is 3. The fourth-order valence-corrected chi connectivity index (χ4v) is 5.35. The van der Waals surface area contributed by atoms with Gasteiger partial charge in [-0.25, -0.2) is 4.98 Å². The molecule has 5 nitrogen and oxygen atoms in total. The van der Waals surface area contributed by atoms with Crippen LogP contribution in [0.3, 0.4) is 0 Å². The Labute approximate surface area is 213 Å². The van der Waals surface area contributed by atoms with Crippen molar-refractivity contribution < 1.29 is 9.53 Å². The molecule has 186 valence electrons. The van der Waals surface area contributed by atoms with Crippen LogP contribution in [0.15, 0.2) is 66.7 Å². The minimum Gasteiger partial charge on any atom is -0.494 e. The molecule has 36 heavy (non-hydrogen) atoms. The van der Waals surface area contributed by atoms with Gasteiger partial charge in [0, 0.05) is 31.1 Å². The average molecular weight is 482 g/mol. The topological polar surface area (TPSA) is 47.4 Å². The molecule has 1 aromatic heterocycles. The van der Waals surface area contributed by atoms with Gasteiger partial charge in [-0.1, -0.05) is 49.4 Å². The van der Waals surface area contributed by atoms with Gasteiger partial charge in [-0.05, 0) is 74.1 Å². The van der Waals surface area contributed by atoms with E-state index in [4.69, 9.17) is 9.72 Å². The summed E-state index contributed by atoms with van der Waals surface area (Å²) >= 11 is 0. The maximum absolute atomic E-state index is 13.1. The van der Waals surface area contributed by atoms with E-state index in [0.29, 0.717) is 19.6 Å². The molecule has 5 rings (SSSR count). The van der Waals surface area contributed by atoms with E-state index in [1.165, 1.54) is 5.56 Å². The molecule has 1 fully saturated rings. The highest BCUT2D eigenvalue weighted by Crippen LogP contribution is 2.36. The van der Waals surface area contributed by atoms with Crippen molar-refractivity contribution in [2.75, 3.05) is 18.1 Å². The van der Waals surface area contributed by atoms with Crippen LogP contribution in [0.5, 0.6) is 5.75 Å². The Balaban J connectivity index is 1.29. The van der Waals surface area contributed by atoms with Crippen LogP contribution in [-0.2, 0) is 17.8 Å². The molecule has 0 spiro atoms. The van der Waals surface area contributed by atoms with Gasteiger partial charge in [0.05, 0.1) is 17.6 Å². The molecule has 0 bridgehead atoms. The Hall–Kier alpha value is -3.60. The molecule has 0 N–H and O–H groups in total. The van der Waals surface area contributed by atoms with E-state index < -0.39 is 0 Å². The lowest BCUT2D eigenvalue weighted by molar-refractivity contribution is -0.117. The summed E-state index contributed by atoms with van der Waals surface area (Å²) in [6.07, 6.45) is 3.48. The second-order valence-corrected chi connectivity index (χ2v) is 9.81. The fraction of sp³-hybridized carbons (Fsp3) is 0.355. The van der Waals surface area contributed by atoms with Gasteiger partial charge in [0.2, 0.25) is 5.91 Å². The van der Waals surface area contributed by atoms with E-state index >= 15 is 0 Å². The van der Waals surface area contributed by atoms with E-state index in [2.05, 4.69) is 86.0 Å². The van der Waals surface area contributed by atoms with Crippen molar-refractivity contribution in [3.8, 4) is 5.75 Å². The van der Waals surface area contributed by atoms with Crippen molar-refractivity contribution in [1.29, 1.82) is 0 Å². The van der Waals surface area contributed by atoms with Crippen molar-refractivity contribution in [2.24, 2.45) is 0 Å². The molecule has 1 atom stereocenters. The zero-order valence-electron chi connectivity index (χ0n) is 21.5. The van der Waals surface area contributed by atoms with E-state index in [9.17, 15) is 4.79 Å². The van der Waals surface area contributed by atoms with Gasteiger partial charge in [-0.3, -0.25) is 4.79 Å². The lowest BCUT2D eigenvalue weighted by Crippen LogP contribution is -2.26. The Morgan fingerprint density at radius 1 is 0.944 bits per heavy atom. The average Bonchev–Trinajstić information content (AvgIpc) is 3.44. The lowest BCUT2D eigenvalue weighted by Gasteiger charge is -2.21. The smallest absolute Gasteiger partial charge is 0.227 e. The second-order valence-electron chi connectivity index (χ2n) is 9.81. The highest BCUT2D eigenvalue weighted by Gasteiger charge is 2.35. The van der Waals surface area contributed by atoms with Crippen LogP contribution in [-0.4, -0.2) is 28.6 Å². The summed E-state index contributed by atoms with van der Waals surface area (Å²) in [4.78, 5) is 20.1. The van der Waals surface area contributed by atoms with Crippen molar-refractivity contribution in [2.45, 2.75) is 58.9 Å². The first kappa shape index (κ1) is 24.1. The Morgan fingerprint density at radius 2 is 1.69 bits per heavy atom. The predicted octanol–water partition coefficient (Wildman–Crippen LogP) is 6.60. The summed E-state index contributed by atoms with van der Waals surface area (Å²) in [6.45, 7) is 8.55. The van der Waals surface area contributed by atoms with Gasteiger partial charge in [0.15, 0.2) is 0 Å². The Bertz CT molecular complexity index is 1340. The number of fused-ring (bicyclic) bond motifs is 1. The summed E-state index contributed by atoms with van der Waals surface area (Å²) in [6, 6.07) is 22.9. The number of aryl methyl sites for hydroxylation is 4. The first-order valence-electron chi connectivity index (χ1n) is 13.1. The molecular weight excluding hydrogens is 446 g/mol. The third-order valence-corrected chi connectivity index (χ3v) is 7.26. The first-order valence-corrected chi connectivity index (χ1v) is 13.1. The van der Waals surface area contributed by atoms with Gasteiger partial charge in [0.1, 0.15) is 11.6 Å². The number of imidazole rings is 1. The highest BCUT2D eigenvalue weighted by atomic mass is 16.5. The van der Waals surface area contributed by atoms with Crippen LogP contribution in [0.4, 0.5) is 5.69 Å². The van der Waals surface area contributed by atoms with Crippen LogP contribution in [0.2, 0.25) is 0 Å². The molecule has 2 heterocycles. The van der Waals surface area contributed by atoms with Crippen LogP contribution in [0.1, 0.15) is 54.6 Å². The van der Waals surface area contributed by atoms with Gasteiger partial charge in [-0.15, -0.1) is 0 Å². The lowest BCUT2D eigenvalue weighted by atomic mass is 10.1. The number of carbonyl (C=O) groups excluding carboxylic acids is 1. The standard InChI is InChI=1S/C31H35N3O2/c1-4-24-14-16-26(17-15-24)36-19-8-7-18-33-28-13-6-5-12-27(28)32-31(33)25-20-29(35)34(21-25)30-22(2)10-9-11-23(30)3/h5-6,9-17,25H,4,7-8,18-21H2,1-3H3. The molecule has 1 aliphatic heterocycles. The van der Waals surface area contributed by atoms with Gasteiger partial charge >= 0.3 is 0 Å². The van der Waals surface area contributed by atoms with Crippen molar-refractivity contribution in [1.82, 2.24) is 9.55 Å². The zero-order chi connectivity index (χ0) is 25.1. The number of amides is 1. The van der Waals surface area contributed by atoms with E-state index in [1.54, 1.807) is 0 Å². The Kier molecular flexibility index (Phi) is 7.08. The number of benzene rings is 3. The third-order valence-electron chi connectivity index (χ3n) is 7.26. The largest absolute Gasteiger partial charge is 0.494 e. The summed E-state index contributed by atoms with van der Waals surface area (Å²) in [5, 5.41) is 0. The minimum atomic E-state index is 0.0808. The minimum absolute atomic E-state index is 0.0808. The molecule has 1 saturated heterocycles. The maximum Gasteiger partial charge on any atom is 0.227 e. The van der Waals surface area contributed by atoms with Crippen LogP contribution < -0.4 is 9.64 Å². The van der Waals surface area contributed by atoms with Crippen molar-refractivity contribution in [3.05, 3.63) is 89.2 Å². The quantitative estimate of drug-likeness (QED) is 0.253. The summed E-state index contributed by atoms with van der Waals surface area (Å²) < 4.78 is 8.30. The molecule has 0 aliphatic carbocycles. The van der Waals surface area contributed by atoms with E-state index in [-0.39, 0.29) is 11.8 Å². The number of hydrogen-bond donors (Lipinski definition) is 0. The summed E-state index contributed by atoms with van der Waals surface area (Å²) in [7, 11) is 0. The SMILES string of the molecule is CCc1ccc(OCCCCn2c(C3CC(=O)N(c4c(C)cccc4C)C3)nc3ccccc32)cc1. The highest BCUT2D eigenvalue weighted by molar-refractivity contribution is 5.98. The van der Waals surface area contributed by atoms with Crippen molar-refractivity contribution in [3.63, 3.8) is 0 Å². The van der Waals surface area contributed by atoms with Crippen LogP contribution in [0, 0.1) is 13.8 Å². The number of hydrogen-bond acceptors (Lipinski definition) is 3. The van der Waals surface area contributed by atoms with E-state index in [0.717, 1.165) is 65.2 Å². The normalized spacial score (nSPS) is 15.7. The number of unbranched alkanes of at least 4 members (excludes halogenated alkanes) is 1. The van der Waals surface area contributed by atoms with Crippen LogP contribution in [0.25, 0.3) is 11.0 Å². The Morgan fingerprint density at radius 3 is 2.44 bits per heavy atom. The number of ether oxygens (including phenoxy) is 1. The number of nitrogens with zero attached hydrogens (tertiary/aromatic N) is 3. The summed E-state index contributed by atoms with van der Waals surface area (Å²) in [5.74, 6) is 2.21. The third kappa shape index (κ3) is 4.88. The van der Waals surface area contributed by atoms with Gasteiger partial charge < -0.3 is 14.2 Å². The number of anilines is 1. The molecule has 1 amide bonds. The molecular formula is C31H35N3O2. The molecule has 5 heteroatoms. The maximum atomic E-state index is 13.1. The molecule has 1 aliphatic rings. The number of carbonyl (C=O) groups is 1. The summed E-state index contributed by atoms with van der Waals surface area (Å²) in [5.41, 5.74) is 6.79. The fourth-order valence-electron chi connectivity index (χ4n) is 5.35.